The third kappa shape index (κ3) is 2.53. The van der Waals surface area contributed by atoms with Crippen molar-refractivity contribution in [2.24, 2.45) is 0 Å². The summed E-state index contributed by atoms with van der Waals surface area (Å²) in [7, 11) is 1.27. The van der Waals surface area contributed by atoms with Gasteiger partial charge in [0.15, 0.2) is 5.38 Å². The van der Waals surface area contributed by atoms with Crippen molar-refractivity contribution >= 4 is 40.8 Å². The van der Waals surface area contributed by atoms with E-state index in [-0.39, 0.29) is 0 Å². The molecule has 0 amide bonds. The molecule has 0 aliphatic rings. The lowest BCUT2D eigenvalue weighted by Gasteiger charge is -2.07. The maximum atomic E-state index is 11.1. The maximum absolute atomic E-state index is 11.1. The summed E-state index contributed by atoms with van der Waals surface area (Å²) in [6, 6.07) is 4.75. The molecule has 0 unspecified atom stereocenters. The van der Waals surface area contributed by atoms with Crippen LogP contribution in [0.2, 0.25) is 10.0 Å². The van der Waals surface area contributed by atoms with E-state index in [4.69, 9.17) is 34.8 Å². The number of methoxy groups -OCH3 is 1. The first kappa shape index (κ1) is 11.6. The molecule has 2 nitrogen and oxygen atoms in total. The van der Waals surface area contributed by atoms with Gasteiger partial charge in [-0.25, -0.2) is 0 Å². The minimum Gasteiger partial charge on any atom is -0.468 e. The zero-order chi connectivity index (χ0) is 10.7. The molecule has 0 N–H and O–H groups in total. The second-order valence-corrected chi connectivity index (χ2v) is 3.81. The van der Waals surface area contributed by atoms with E-state index >= 15 is 0 Å². The van der Waals surface area contributed by atoms with Gasteiger partial charge < -0.3 is 4.74 Å². The van der Waals surface area contributed by atoms with Crippen LogP contribution in [0, 0.1) is 0 Å². The first-order valence-corrected chi connectivity index (χ1v) is 4.92. The van der Waals surface area contributed by atoms with Crippen molar-refractivity contribution in [1.82, 2.24) is 0 Å². The molecular formula is C9H7Cl3O2. The first-order chi connectivity index (χ1) is 6.56. The molecule has 1 aromatic rings. The van der Waals surface area contributed by atoms with Gasteiger partial charge in [-0.1, -0.05) is 29.3 Å². The molecule has 0 saturated carbocycles. The summed E-state index contributed by atoms with van der Waals surface area (Å²) in [6.07, 6.45) is 0. The number of hydrogen-bond donors (Lipinski definition) is 0. The van der Waals surface area contributed by atoms with Crippen LogP contribution >= 0.6 is 34.8 Å². The van der Waals surface area contributed by atoms with Crippen LogP contribution in [0.3, 0.4) is 0 Å². The van der Waals surface area contributed by atoms with Crippen molar-refractivity contribution in [2.45, 2.75) is 5.38 Å². The number of alkyl halides is 1. The smallest absolute Gasteiger partial charge is 0.328 e. The van der Waals surface area contributed by atoms with Gasteiger partial charge >= 0.3 is 5.97 Å². The maximum Gasteiger partial charge on any atom is 0.328 e. The number of hydrogen-bond acceptors (Lipinski definition) is 2. The molecule has 0 aliphatic carbocycles. The molecule has 5 heteroatoms. The van der Waals surface area contributed by atoms with Gasteiger partial charge in [0.2, 0.25) is 0 Å². The summed E-state index contributed by atoms with van der Waals surface area (Å²) in [6.45, 7) is 0. The lowest BCUT2D eigenvalue weighted by atomic mass is 10.1. The number of carbonyl (C=O) groups excluding carboxylic acids is 1. The first-order valence-electron chi connectivity index (χ1n) is 3.73. The third-order valence-electron chi connectivity index (χ3n) is 1.64. The molecule has 1 rings (SSSR count). The Bertz CT molecular complexity index is 352. The van der Waals surface area contributed by atoms with Crippen molar-refractivity contribution in [3.8, 4) is 0 Å². The van der Waals surface area contributed by atoms with Crippen LogP contribution in [0.15, 0.2) is 18.2 Å². The molecule has 0 aliphatic heterocycles. The Labute approximate surface area is 96.7 Å². The molecule has 76 valence electrons. The highest BCUT2D eigenvalue weighted by atomic mass is 35.5. The lowest BCUT2D eigenvalue weighted by Crippen LogP contribution is -2.08. The average molecular weight is 254 g/mol. The van der Waals surface area contributed by atoms with E-state index in [0.717, 1.165) is 0 Å². The Balaban J connectivity index is 2.96. The van der Waals surface area contributed by atoms with E-state index in [1.165, 1.54) is 7.11 Å². The monoisotopic (exact) mass is 252 g/mol. The summed E-state index contributed by atoms with van der Waals surface area (Å²) in [4.78, 5) is 11.1. The third-order valence-corrected chi connectivity index (χ3v) is 2.81. The summed E-state index contributed by atoms with van der Waals surface area (Å²) in [5, 5.41) is -0.0716. The molecule has 0 aromatic heterocycles. The second kappa shape index (κ2) is 4.87. The SMILES string of the molecule is COC(=O)[C@H](Cl)c1ccc(Cl)c(Cl)c1. The van der Waals surface area contributed by atoms with E-state index < -0.39 is 11.3 Å². The van der Waals surface area contributed by atoms with Crippen LogP contribution in [0.25, 0.3) is 0 Å². The molecule has 0 saturated heterocycles. The zero-order valence-electron chi connectivity index (χ0n) is 7.26. The molecule has 0 spiro atoms. The average Bonchev–Trinajstić information content (AvgIpc) is 2.20. The molecule has 0 fully saturated rings. The number of carbonyl (C=O) groups is 1. The molecule has 0 heterocycles. The topological polar surface area (TPSA) is 26.3 Å². The van der Waals surface area contributed by atoms with Crippen LogP contribution in [0.4, 0.5) is 0 Å². The van der Waals surface area contributed by atoms with Gasteiger partial charge in [-0.05, 0) is 17.7 Å². The molecule has 0 radical (unpaired) electrons. The fraction of sp³-hybridized carbons (Fsp3) is 0.222. The minimum absolute atomic E-state index is 0.360. The van der Waals surface area contributed by atoms with Gasteiger partial charge in [-0.15, -0.1) is 11.6 Å². The predicted molar refractivity (Wildman–Crippen MR) is 57.1 cm³/mol. The van der Waals surface area contributed by atoms with Gasteiger partial charge in [0, 0.05) is 0 Å². The highest BCUT2D eigenvalue weighted by molar-refractivity contribution is 6.42. The van der Waals surface area contributed by atoms with Crippen LogP contribution in [-0.2, 0) is 9.53 Å². The molecule has 14 heavy (non-hydrogen) atoms. The Morgan fingerprint density at radius 1 is 1.36 bits per heavy atom. The van der Waals surface area contributed by atoms with Crippen LogP contribution in [-0.4, -0.2) is 13.1 Å². The van der Waals surface area contributed by atoms with E-state index in [9.17, 15) is 4.79 Å². The molecule has 0 bridgehead atoms. The van der Waals surface area contributed by atoms with Crippen LogP contribution in [0.5, 0.6) is 0 Å². The zero-order valence-corrected chi connectivity index (χ0v) is 9.53. The number of rotatable bonds is 2. The molecule has 1 aromatic carbocycles. The quantitative estimate of drug-likeness (QED) is 0.596. The van der Waals surface area contributed by atoms with Gasteiger partial charge in [-0.3, -0.25) is 4.79 Å². The summed E-state index contributed by atoms with van der Waals surface area (Å²) < 4.78 is 4.49. The number of benzene rings is 1. The Kier molecular flexibility index (Phi) is 4.05. The number of halogens is 3. The van der Waals surface area contributed by atoms with E-state index in [1.54, 1.807) is 18.2 Å². The fourth-order valence-electron chi connectivity index (χ4n) is 0.910. The van der Waals surface area contributed by atoms with Crippen molar-refractivity contribution in [3.63, 3.8) is 0 Å². The number of ether oxygens (including phenoxy) is 1. The van der Waals surface area contributed by atoms with Crippen molar-refractivity contribution < 1.29 is 9.53 Å². The Hall–Kier alpha value is -0.440. The Morgan fingerprint density at radius 2 is 2.00 bits per heavy atom. The number of esters is 1. The minimum atomic E-state index is -0.852. The largest absolute Gasteiger partial charge is 0.468 e. The predicted octanol–water partition coefficient (Wildman–Crippen LogP) is 3.45. The van der Waals surface area contributed by atoms with Gasteiger partial charge in [-0.2, -0.15) is 0 Å². The van der Waals surface area contributed by atoms with Crippen molar-refractivity contribution in [1.29, 1.82) is 0 Å². The summed E-state index contributed by atoms with van der Waals surface area (Å²) in [5.41, 5.74) is 0.563. The highest BCUT2D eigenvalue weighted by Crippen LogP contribution is 2.28. The van der Waals surface area contributed by atoms with Gasteiger partial charge in [0.05, 0.1) is 17.2 Å². The van der Waals surface area contributed by atoms with E-state index in [1.807, 2.05) is 0 Å². The van der Waals surface area contributed by atoms with Gasteiger partial charge in [0.25, 0.3) is 0 Å². The van der Waals surface area contributed by atoms with E-state index in [2.05, 4.69) is 4.74 Å². The highest BCUT2D eigenvalue weighted by Gasteiger charge is 2.18. The summed E-state index contributed by atoms with van der Waals surface area (Å²) >= 11 is 17.3. The van der Waals surface area contributed by atoms with Crippen molar-refractivity contribution in [2.75, 3.05) is 7.11 Å². The fourth-order valence-corrected chi connectivity index (χ4v) is 1.44. The van der Waals surface area contributed by atoms with Crippen molar-refractivity contribution in [3.05, 3.63) is 33.8 Å². The van der Waals surface area contributed by atoms with Crippen LogP contribution < -0.4 is 0 Å². The normalized spacial score (nSPS) is 12.3. The standard InChI is InChI=1S/C9H7Cl3O2/c1-14-9(13)8(12)5-2-3-6(10)7(11)4-5/h2-4,8H,1H3/t8-/m1/s1. The second-order valence-electron chi connectivity index (χ2n) is 2.56. The van der Waals surface area contributed by atoms with Crippen LogP contribution in [0.1, 0.15) is 10.9 Å². The molecular weight excluding hydrogens is 246 g/mol. The van der Waals surface area contributed by atoms with E-state index in [0.29, 0.717) is 15.6 Å². The summed E-state index contributed by atoms with van der Waals surface area (Å²) in [5.74, 6) is -0.523. The Morgan fingerprint density at radius 3 is 2.50 bits per heavy atom. The van der Waals surface area contributed by atoms with Gasteiger partial charge in [0.1, 0.15) is 0 Å². The lowest BCUT2D eigenvalue weighted by molar-refractivity contribution is -0.140. The molecule has 1 atom stereocenters.